The first-order valence-corrected chi connectivity index (χ1v) is 18.2. The van der Waals surface area contributed by atoms with Crippen LogP contribution in [0.1, 0.15) is 121 Å². The van der Waals surface area contributed by atoms with Crippen LogP contribution in [0, 0.1) is 11.3 Å². The van der Waals surface area contributed by atoms with Gasteiger partial charge in [-0.3, -0.25) is 15.9 Å². The van der Waals surface area contributed by atoms with Crippen molar-refractivity contribution >= 4 is 57.4 Å². The van der Waals surface area contributed by atoms with Crippen LogP contribution in [-0.4, -0.2) is 57.5 Å². The number of unbranched alkanes of at least 4 members (excludes halogenated alkanes) is 9. The van der Waals surface area contributed by atoms with E-state index in [0.29, 0.717) is 32.4 Å². The summed E-state index contributed by atoms with van der Waals surface area (Å²) in [5.74, 6) is 0.319. The van der Waals surface area contributed by atoms with Crippen molar-refractivity contribution in [1.82, 2.24) is 4.90 Å². The van der Waals surface area contributed by atoms with Crippen LogP contribution >= 0.6 is 35.7 Å². The predicted octanol–water partition coefficient (Wildman–Crippen LogP) is 5.93. The van der Waals surface area contributed by atoms with Crippen LogP contribution in [-0.2, 0) is 19.1 Å². The normalized spacial score (nSPS) is 14.3. The fourth-order valence-corrected chi connectivity index (χ4v) is 8.15. The number of rotatable bonds is 22. The third kappa shape index (κ3) is 18.7. The van der Waals surface area contributed by atoms with Gasteiger partial charge in [0.2, 0.25) is 5.91 Å². The number of benzene rings is 1. The summed E-state index contributed by atoms with van der Waals surface area (Å²) in [6.07, 6.45) is 17.5. The molecule has 2 rings (SSSR count). The predicted molar refractivity (Wildman–Crippen MR) is 185 cm³/mol. The molecule has 0 aliphatic carbocycles. The Labute approximate surface area is 303 Å². The maximum absolute atomic E-state index is 13.3. The molecule has 44 heavy (non-hydrogen) atoms. The number of carbonyl (C=O) groups is 2. The second-order valence-corrected chi connectivity index (χ2v) is 15.6. The van der Waals surface area contributed by atoms with Crippen LogP contribution in [0.3, 0.4) is 0 Å². The fourth-order valence-electron chi connectivity index (χ4n) is 5.31. The molecule has 1 aliphatic heterocycles. The van der Waals surface area contributed by atoms with Gasteiger partial charge in [0.15, 0.2) is 0 Å². The van der Waals surface area contributed by atoms with Crippen molar-refractivity contribution < 1.29 is 54.2 Å². The standard InChI is InChI=1S/C34H52NO4S3.Na.H2O/c1-4-5-6-7-8-9-10-11-12-16-24-41-33(40)42-30(28-18-14-13-15-19-28)25-29(26-34(2,3)27-36)32(38)39-23-22-35-21-17-20-31(35)37;;/h13-15,18-19,29-30H,4-12,16-17,20-26H2,1-3H3;;1H2/q-1;+1;/p-1. The molecule has 2 atom stereocenters. The van der Waals surface area contributed by atoms with Crippen molar-refractivity contribution in [3.8, 4) is 0 Å². The van der Waals surface area contributed by atoms with E-state index in [4.69, 9.17) is 17.0 Å². The summed E-state index contributed by atoms with van der Waals surface area (Å²) in [5, 5.41) is -0.0286. The zero-order chi connectivity index (χ0) is 30.6. The van der Waals surface area contributed by atoms with Gasteiger partial charge >= 0.3 is 35.5 Å². The van der Waals surface area contributed by atoms with E-state index in [1.54, 1.807) is 42.3 Å². The van der Waals surface area contributed by atoms with Gasteiger partial charge in [0.05, 0.1) is 12.5 Å². The summed E-state index contributed by atoms with van der Waals surface area (Å²) in [6.45, 7) is 7.17. The van der Waals surface area contributed by atoms with Gasteiger partial charge in [-0.1, -0.05) is 139 Å². The minimum absolute atomic E-state index is 0. The SMILES string of the molecule is CCCCCCCCCCCCSC(=S)SC(CC(CC(C)(C)[C-]=O)C(=O)OCCN1CCCC1=O)c1ccccc1.[Na+].[OH-]. The first-order valence-electron chi connectivity index (χ1n) is 16.0. The molecular weight excluding hydrogens is 622 g/mol. The molecule has 0 spiro atoms. The number of nitrogens with zero attached hydrogens (tertiary/aromatic N) is 1. The number of carbonyl (C=O) groups excluding carboxylic acids is 3. The molecule has 1 fully saturated rings. The molecule has 0 radical (unpaired) electrons. The number of ether oxygens (including phenoxy) is 1. The van der Waals surface area contributed by atoms with E-state index in [1.807, 2.05) is 18.2 Å². The van der Waals surface area contributed by atoms with Crippen molar-refractivity contribution in [3.63, 3.8) is 0 Å². The molecule has 0 saturated carbocycles. The summed E-state index contributed by atoms with van der Waals surface area (Å²) in [6, 6.07) is 10.1. The molecule has 1 saturated heterocycles. The molecule has 1 aromatic carbocycles. The van der Waals surface area contributed by atoms with E-state index >= 15 is 0 Å². The Hall–Kier alpha value is -0.420. The van der Waals surface area contributed by atoms with Crippen molar-refractivity contribution in [2.24, 2.45) is 11.3 Å². The van der Waals surface area contributed by atoms with Gasteiger partial charge in [-0.2, -0.15) is 0 Å². The molecule has 1 N–H and O–H groups in total. The first kappa shape index (κ1) is 43.6. The van der Waals surface area contributed by atoms with Gasteiger partial charge in [0.25, 0.3) is 0 Å². The summed E-state index contributed by atoms with van der Waals surface area (Å²) in [5.41, 5.74) is 0.336. The molecule has 0 bridgehead atoms. The number of thiocarbonyl (C=S) groups is 1. The number of hydrogen-bond donors (Lipinski definition) is 0. The number of thioether (sulfide) groups is 2. The Morgan fingerprint density at radius 2 is 1.66 bits per heavy atom. The van der Waals surface area contributed by atoms with Crippen LogP contribution < -0.4 is 29.6 Å². The van der Waals surface area contributed by atoms with E-state index in [1.165, 1.54) is 57.8 Å². The third-order valence-electron chi connectivity index (χ3n) is 7.77. The van der Waals surface area contributed by atoms with Crippen LogP contribution in [0.25, 0.3) is 0 Å². The van der Waals surface area contributed by atoms with Crippen molar-refractivity contribution in [2.75, 3.05) is 25.4 Å². The summed E-state index contributed by atoms with van der Waals surface area (Å²) < 4.78 is 6.57. The largest absolute Gasteiger partial charge is 1.00 e. The van der Waals surface area contributed by atoms with Crippen LogP contribution in [0.4, 0.5) is 0 Å². The van der Waals surface area contributed by atoms with E-state index in [2.05, 4.69) is 25.3 Å². The number of esters is 1. The molecule has 1 heterocycles. The summed E-state index contributed by atoms with van der Waals surface area (Å²) >= 11 is 9.18. The minimum atomic E-state index is -0.773. The summed E-state index contributed by atoms with van der Waals surface area (Å²) in [4.78, 5) is 38.7. The Kier molecular flexibility index (Phi) is 25.4. The molecule has 1 aromatic rings. The second kappa shape index (κ2) is 25.6. The number of likely N-dealkylation sites (tertiary alicyclic amines) is 1. The number of hydrogen-bond acceptors (Lipinski definition) is 8. The smallest absolute Gasteiger partial charge is 0.870 e. The Morgan fingerprint density at radius 1 is 1.05 bits per heavy atom. The third-order valence-corrected chi connectivity index (χ3v) is 10.7. The quantitative estimate of drug-likeness (QED) is 0.0492. The van der Waals surface area contributed by atoms with Gasteiger partial charge < -0.3 is 19.9 Å². The maximum atomic E-state index is 13.3. The first-order chi connectivity index (χ1) is 20.3. The maximum Gasteiger partial charge on any atom is 1.00 e. The monoisotopic (exact) mass is 674 g/mol. The van der Waals surface area contributed by atoms with Crippen molar-refractivity contribution in [3.05, 3.63) is 35.9 Å². The van der Waals surface area contributed by atoms with E-state index in [0.717, 1.165) is 27.7 Å². The van der Waals surface area contributed by atoms with E-state index in [9.17, 15) is 14.4 Å². The molecule has 10 heteroatoms. The molecule has 244 valence electrons. The molecule has 1 amide bonds. The minimum Gasteiger partial charge on any atom is -0.870 e. The average Bonchev–Trinajstić information content (AvgIpc) is 3.39. The van der Waals surface area contributed by atoms with Gasteiger partial charge in [-0.15, -0.1) is 17.2 Å². The average molecular weight is 675 g/mol. The van der Waals surface area contributed by atoms with E-state index in [-0.39, 0.29) is 58.8 Å². The zero-order valence-electron chi connectivity index (χ0n) is 27.5. The Morgan fingerprint density at radius 3 is 2.23 bits per heavy atom. The molecular formula is C34H53NNaO5S3-. The molecule has 0 aromatic heterocycles. The van der Waals surface area contributed by atoms with Crippen LogP contribution in [0.15, 0.2) is 30.3 Å². The topological polar surface area (TPSA) is 93.7 Å². The second-order valence-electron chi connectivity index (χ2n) is 12.1. The van der Waals surface area contributed by atoms with Gasteiger partial charge in [-0.05, 0) is 30.6 Å². The molecule has 1 aliphatic rings. The van der Waals surface area contributed by atoms with Gasteiger partial charge in [-0.25, -0.2) is 0 Å². The molecule has 6 nitrogen and oxygen atoms in total. The molecule has 2 unspecified atom stereocenters. The van der Waals surface area contributed by atoms with Crippen molar-refractivity contribution in [2.45, 2.75) is 116 Å². The Balaban J connectivity index is 0.00000924. The van der Waals surface area contributed by atoms with E-state index < -0.39 is 11.3 Å². The summed E-state index contributed by atoms with van der Waals surface area (Å²) in [7, 11) is 0. The van der Waals surface area contributed by atoms with Crippen molar-refractivity contribution in [1.29, 1.82) is 0 Å². The number of amides is 1. The zero-order valence-corrected chi connectivity index (χ0v) is 32.0. The Bertz CT molecular complexity index is 950. The van der Waals surface area contributed by atoms with Gasteiger partial charge in [0.1, 0.15) is 10.1 Å². The van der Waals surface area contributed by atoms with Gasteiger partial charge in [0, 0.05) is 18.2 Å². The van der Waals surface area contributed by atoms with Crippen LogP contribution in [0.2, 0.25) is 0 Å². The van der Waals surface area contributed by atoms with Crippen LogP contribution in [0.5, 0.6) is 0 Å². The fraction of sp³-hybridized carbons (Fsp3) is 0.706.